The SMILES string of the molecule is CCNC(c1cccc(OC)c1)c1cc(C)oc1C. The van der Waals surface area contributed by atoms with Crippen molar-refractivity contribution in [1.29, 1.82) is 0 Å². The number of hydrogen-bond acceptors (Lipinski definition) is 3. The van der Waals surface area contributed by atoms with Gasteiger partial charge in [-0.2, -0.15) is 0 Å². The van der Waals surface area contributed by atoms with Crippen LogP contribution in [0.2, 0.25) is 0 Å². The van der Waals surface area contributed by atoms with Gasteiger partial charge < -0.3 is 14.5 Å². The lowest BCUT2D eigenvalue weighted by atomic mass is 9.98. The average Bonchev–Trinajstić information content (AvgIpc) is 2.75. The Bertz CT molecular complexity index is 545. The first kappa shape index (κ1) is 13.7. The lowest BCUT2D eigenvalue weighted by Crippen LogP contribution is -2.22. The molecule has 1 heterocycles. The van der Waals surface area contributed by atoms with Crippen LogP contribution in [0.4, 0.5) is 0 Å². The fraction of sp³-hybridized carbons (Fsp3) is 0.375. The highest BCUT2D eigenvalue weighted by Gasteiger charge is 2.18. The third kappa shape index (κ3) is 2.99. The highest BCUT2D eigenvalue weighted by Crippen LogP contribution is 2.29. The second kappa shape index (κ2) is 5.93. The Labute approximate surface area is 114 Å². The van der Waals surface area contributed by atoms with Gasteiger partial charge in [-0.05, 0) is 44.2 Å². The highest BCUT2D eigenvalue weighted by atomic mass is 16.5. The number of rotatable bonds is 5. The highest BCUT2D eigenvalue weighted by molar-refractivity contribution is 5.38. The molecule has 1 aromatic heterocycles. The zero-order chi connectivity index (χ0) is 13.8. The standard InChI is InChI=1S/C16H21NO2/c1-5-17-16(15-9-11(2)19-12(15)3)13-7-6-8-14(10-13)18-4/h6-10,16-17H,5H2,1-4H3. The van der Waals surface area contributed by atoms with E-state index in [0.29, 0.717) is 0 Å². The van der Waals surface area contributed by atoms with Crippen LogP contribution in [0.15, 0.2) is 34.7 Å². The molecule has 0 saturated carbocycles. The number of hydrogen-bond donors (Lipinski definition) is 1. The van der Waals surface area contributed by atoms with Crippen LogP contribution < -0.4 is 10.1 Å². The van der Waals surface area contributed by atoms with Crippen molar-refractivity contribution in [3.8, 4) is 5.75 Å². The van der Waals surface area contributed by atoms with E-state index >= 15 is 0 Å². The van der Waals surface area contributed by atoms with Crippen molar-refractivity contribution in [2.24, 2.45) is 0 Å². The first-order valence-corrected chi connectivity index (χ1v) is 6.60. The lowest BCUT2D eigenvalue weighted by molar-refractivity contribution is 0.413. The third-order valence-corrected chi connectivity index (χ3v) is 3.23. The minimum Gasteiger partial charge on any atom is -0.497 e. The van der Waals surface area contributed by atoms with E-state index in [1.165, 1.54) is 11.1 Å². The molecule has 0 amide bonds. The first-order chi connectivity index (χ1) is 9.15. The summed E-state index contributed by atoms with van der Waals surface area (Å²) >= 11 is 0. The first-order valence-electron chi connectivity index (χ1n) is 6.60. The molecular formula is C16H21NO2. The summed E-state index contributed by atoms with van der Waals surface area (Å²) in [5.74, 6) is 2.78. The number of nitrogens with one attached hydrogen (secondary N) is 1. The molecule has 0 saturated heterocycles. The number of furan rings is 1. The summed E-state index contributed by atoms with van der Waals surface area (Å²) in [4.78, 5) is 0. The topological polar surface area (TPSA) is 34.4 Å². The van der Waals surface area contributed by atoms with Gasteiger partial charge in [-0.15, -0.1) is 0 Å². The maximum atomic E-state index is 5.65. The van der Waals surface area contributed by atoms with Crippen molar-refractivity contribution in [3.05, 3.63) is 53.0 Å². The molecule has 102 valence electrons. The average molecular weight is 259 g/mol. The molecule has 0 radical (unpaired) electrons. The third-order valence-electron chi connectivity index (χ3n) is 3.23. The van der Waals surface area contributed by atoms with E-state index < -0.39 is 0 Å². The summed E-state index contributed by atoms with van der Waals surface area (Å²) in [5.41, 5.74) is 2.37. The molecule has 0 aliphatic heterocycles. The Morgan fingerprint density at radius 2 is 2.05 bits per heavy atom. The van der Waals surface area contributed by atoms with E-state index in [9.17, 15) is 0 Å². The van der Waals surface area contributed by atoms with Crippen LogP contribution in [0.1, 0.15) is 35.6 Å². The minimum atomic E-state index is 0.137. The molecule has 0 bridgehead atoms. The predicted octanol–water partition coefficient (Wildman–Crippen LogP) is 3.60. The largest absolute Gasteiger partial charge is 0.497 e. The number of ether oxygens (including phenoxy) is 1. The quantitative estimate of drug-likeness (QED) is 0.890. The molecule has 1 aromatic carbocycles. The van der Waals surface area contributed by atoms with E-state index in [1.54, 1.807) is 7.11 Å². The van der Waals surface area contributed by atoms with Gasteiger partial charge in [0.05, 0.1) is 13.2 Å². The summed E-state index contributed by atoms with van der Waals surface area (Å²) in [5, 5.41) is 3.51. The van der Waals surface area contributed by atoms with Crippen LogP contribution in [-0.4, -0.2) is 13.7 Å². The summed E-state index contributed by atoms with van der Waals surface area (Å²) in [7, 11) is 1.69. The molecule has 1 N–H and O–H groups in total. The van der Waals surface area contributed by atoms with Crippen molar-refractivity contribution in [2.45, 2.75) is 26.8 Å². The van der Waals surface area contributed by atoms with Gasteiger partial charge in [-0.3, -0.25) is 0 Å². The van der Waals surface area contributed by atoms with Gasteiger partial charge in [-0.1, -0.05) is 19.1 Å². The fourth-order valence-electron chi connectivity index (χ4n) is 2.37. The van der Waals surface area contributed by atoms with Gasteiger partial charge in [-0.25, -0.2) is 0 Å². The molecule has 0 spiro atoms. The normalized spacial score (nSPS) is 12.4. The Hall–Kier alpha value is -1.74. The van der Waals surface area contributed by atoms with Crippen molar-refractivity contribution >= 4 is 0 Å². The Kier molecular flexibility index (Phi) is 4.27. The summed E-state index contributed by atoms with van der Waals surface area (Å²) < 4.78 is 11.0. The lowest BCUT2D eigenvalue weighted by Gasteiger charge is -2.18. The molecule has 3 nitrogen and oxygen atoms in total. The maximum absolute atomic E-state index is 5.65. The van der Waals surface area contributed by atoms with Crippen LogP contribution in [0.25, 0.3) is 0 Å². The van der Waals surface area contributed by atoms with Crippen molar-refractivity contribution in [3.63, 3.8) is 0 Å². The fourth-order valence-corrected chi connectivity index (χ4v) is 2.37. The van der Waals surface area contributed by atoms with Crippen molar-refractivity contribution in [1.82, 2.24) is 5.32 Å². The molecule has 0 aliphatic carbocycles. The van der Waals surface area contributed by atoms with Gasteiger partial charge in [0.25, 0.3) is 0 Å². The molecule has 1 atom stereocenters. The van der Waals surface area contributed by atoms with Crippen LogP contribution in [-0.2, 0) is 0 Å². The molecular weight excluding hydrogens is 238 g/mol. The minimum absolute atomic E-state index is 0.137. The zero-order valence-corrected chi connectivity index (χ0v) is 12.0. The van der Waals surface area contributed by atoms with Gasteiger partial charge >= 0.3 is 0 Å². The van der Waals surface area contributed by atoms with Crippen molar-refractivity contribution < 1.29 is 9.15 Å². The van der Waals surface area contributed by atoms with Gasteiger partial charge in [0, 0.05) is 5.56 Å². The molecule has 0 fully saturated rings. The maximum Gasteiger partial charge on any atom is 0.119 e. The van der Waals surface area contributed by atoms with Gasteiger partial charge in [0.2, 0.25) is 0 Å². The van der Waals surface area contributed by atoms with Crippen molar-refractivity contribution in [2.75, 3.05) is 13.7 Å². The second-order valence-electron chi connectivity index (χ2n) is 4.64. The van der Waals surface area contributed by atoms with Crippen LogP contribution in [0.5, 0.6) is 5.75 Å². The summed E-state index contributed by atoms with van der Waals surface area (Å²) in [6.45, 7) is 6.99. The molecule has 2 aromatic rings. The molecule has 19 heavy (non-hydrogen) atoms. The van der Waals surface area contributed by atoms with Crippen LogP contribution in [0, 0.1) is 13.8 Å². The Morgan fingerprint density at radius 3 is 2.63 bits per heavy atom. The van der Waals surface area contributed by atoms with E-state index in [2.05, 4.69) is 30.4 Å². The predicted molar refractivity (Wildman–Crippen MR) is 76.7 cm³/mol. The molecule has 2 rings (SSSR count). The smallest absolute Gasteiger partial charge is 0.119 e. The molecule has 1 unspecified atom stereocenters. The Balaban J connectivity index is 2.41. The number of aryl methyl sites for hydroxylation is 2. The van der Waals surface area contributed by atoms with E-state index in [4.69, 9.17) is 9.15 Å². The van der Waals surface area contributed by atoms with E-state index in [-0.39, 0.29) is 6.04 Å². The van der Waals surface area contributed by atoms with E-state index in [1.807, 2.05) is 26.0 Å². The van der Waals surface area contributed by atoms with E-state index in [0.717, 1.165) is 23.8 Å². The number of methoxy groups -OCH3 is 1. The summed E-state index contributed by atoms with van der Waals surface area (Å²) in [6, 6.07) is 10.4. The number of benzene rings is 1. The Morgan fingerprint density at radius 1 is 1.26 bits per heavy atom. The van der Waals surface area contributed by atoms with Gasteiger partial charge in [0.15, 0.2) is 0 Å². The zero-order valence-electron chi connectivity index (χ0n) is 12.0. The second-order valence-corrected chi connectivity index (χ2v) is 4.64. The molecule has 0 aliphatic rings. The molecule has 3 heteroatoms. The van der Waals surface area contributed by atoms with Crippen LogP contribution >= 0.6 is 0 Å². The monoisotopic (exact) mass is 259 g/mol. The van der Waals surface area contributed by atoms with Crippen LogP contribution in [0.3, 0.4) is 0 Å². The summed E-state index contributed by atoms with van der Waals surface area (Å²) in [6.07, 6.45) is 0. The van der Waals surface area contributed by atoms with Gasteiger partial charge in [0.1, 0.15) is 17.3 Å².